The third-order valence-electron chi connectivity index (χ3n) is 3.53. The third kappa shape index (κ3) is 2.53. The first kappa shape index (κ1) is 12.0. The van der Waals surface area contributed by atoms with Gasteiger partial charge in [0.1, 0.15) is 0 Å². The van der Waals surface area contributed by atoms with Crippen molar-refractivity contribution in [1.29, 1.82) is 0 Å². The number of nitrogens with one attached hydrogen (secondary N) is 1. The maximum atomic E-state index is 4.25. The van der Waals surface area contributed by atoms with E-state index in [1.807, 2.05) is 0 Å². The molecule has 96 valence electrons. The first-order chi connectivity index (χ1) is 9.36. The van der Waals surface area contributed by atoms with Crippen LogP contribution in [-0.4, -0.2) is 9.97 Å². The summed E-state index contributed by atoms with van der Waals surface area (Å²) >= 11 is 0. The van der Waals surface area contributed by atoms with Gasteiger partial charge in [0.2, 0.25) is 0 Å². The molecule has 19 heavy (non-hydrogen) atoms. The molecule has 0 radical (unpaired) electrons. The number of hydrogen-bond acceptors (Lipinski definition) is 1. The van der Waals surface area contributed by atoms with Crippen LogP contribution in [0.4, 0.5) is 0 Å². The maximum Gasteiger partial charge on any atom is 0.0931 e. The molecule has 1 N–H and O–H groups in total. The zero-order chi connectivity index (χ0) is 13.1. The smallest absolute Gasteiger partial charge is 0.0931 e. The van der Waals surface area contributed by atoms with E-state index in [9.17, 15) is 0 Å². The molecule has 0 saturated heterocycles. The van der Waals surface area contributed by atoms with Gasteiger partial charge in [0.05, 0.1) is 17.4 Å². The average Bonchev–Trinajstić information content (AvgIpc) is 2.93. The van der Waals surface area contributed by atoms with Crippen molar-refractivity contribution < 1.29 is 0 Å². The van der Waals surface area contributed by atoms with Gasteiger partial charge in [-0.1, -0.05) is 43.7 Å². The second kappa shape index (κ2) is 5.27. The lowest BCUT2D eigenvalue weighted by Crippen LogP contribution is -1.85. The van der Waals surface area contributed by atoms with Gasteiger partial charge >= 0.3 is 0 Å². The van der Waals surface area contributed by atoms with E-state index >= 15 is 0 Å². The SMILES string of the molecule is CCCCc1ccc(-c2ccc3nc[nH]c3c2)cc1. The van der Waals surface area contributed by atoms with Crippen molar-refractivity contribution in [2.75, 3.05) is 0 Å². The van der Waals surface area contributed by atoms with Crippen LogP contribution >= 0.6 is 0 Å². The van der Waals surface area contributed by atoms with Gasteiger partial charge in [-0.25, -0.2) is 4.98 Å². The monoisotopic (exact) mass is 250 g/mol. The lowest BCUT2D eigenvalue weighted by molar-refractivity contribution is 0.795. The van der Waals surface area contributed by atoms with Crippen LogP contribution in [0.1, 0.15) is 25.3 Å². The molecule has 3 rings (SSSR count). The normalized spacial score (nSPS) is 11.0. The zero-order valence-electron chi connectivity index (χ0n) is 11.2. The van der Waals surface area contributed by atoms with Crippen LogP contribution in [-0.2, 0) is 6.42 Å². The van der Waals surface area contributed by atoms with Crippen LogP contribution in [0.25, 0.3) is 22.2 Å². The number of hydrogen-bond donors (Lipinski definition) is 1. The first-order valence-corrected chi connectivity index (χ1v) is 6.89. The maximum absolute atomic E-state index is 4.25. The largest absolute Gasteiger partial charge is 0.345 e. The Bertz CT molecular complexity index is 665. The van der Waals surface area contributed by atoms with Gasteiger partial charge in [0.25, 0.3) is 0 Å². The molecule has 2 nitrogen and oxygen atoms in total. The van der Waals surface area contributed by atoms with Gasteiger partial charge in [-0.2, -0.15) is 0 Å². The van der Waals surface area contributed by atoms with Gasteiger partial charge in [-0.15, -0.1) is 0 Å². The lowest BCUT2D eigenvalue weighted by atomic mass is 10.0. The van der Waals surface area contributed by atoms with E-state index in [2.05, 4.69) is 59.4 Å². The highest BCUT2D eigenvalue weighted by Crippen LogP contribution is 2.23. The highest BCUT2D eigenvalue weighted by atomic mass is 14.9. The molecular weight excluding hydrogens is 232 g/mol. The highest BCUT2D eigenvalue weighted by Gasteiger charge is 2.01. The molecule has 0 atom stereocenters. The Kier molecular flexibility index (Phi) is 3.32. The number of rotatable bonds is 4. The standard InChI is InChI=1S/C17H18N2/c1-2-3-4-13-5-7-14(8-6-13)15-9-10-16-17(11-15)19-12-18-16/h5-12H,2-4H2,1H3,(H,18,19). The molecule has 0 unspecified atom stereocenters. The lowest BCUT2D eigenvalue weighted by Gasteiger charge is -2.04. The molecule has 0 saturated carbocycles. The van der Waals surface area contributed by atoms with Crippen LogP contribution in [0, 0.1) is 0 Å². The summed E-state index contributed by atoms with van der Waals surface area (Å²) in [6.07, 6.45) is 5.43. The van der Waals surface area contributed by atoms with Crippen molar-refractivity contribution in [3.05, 3.63) is 54.4 Å². The summed E-state index contributed by atoms with van der Waals surface area (Å²) in [5.41, 5.74) is 6.03. The van der Waals surface area contributed by atoms with Gasteiger partial charge in [0, 0.05) is 0 Å². The number of aromatic amines is 1. The van der Waals surface area contributed by atoms with Crippen molar-refractivity contribution >= 4 is 11.0 Å². The minimum atomic E-state index is 1.02. The molecular formula is C17H18N2. The minimum Gasteiger partial charge on any atom is -0.345 e. The second-order valence-electron chi connectivity index (χ2n) is 4.93. The van der Waals surface area contributed by atoms with Crippen molar-refractivity contribution in [1.82, 2.24) is 9.97 Å². The molecule has 2 aromatic carbocycles. The summed E-state index contributed by atoms with van der Waals surface area (Å²) in [5.74, 6) is 0. The Balaban J connectivity index is 1.88. The van der Waals surface area contributed by atoms with E-state index < -0.39 is 0 Å². The summed E-state index contributed by atoms with van der Waals surface area (Å²) in [4.78, 5) is 7.40. The van der Waals surface area contributed by atoms with E-state index in [0.717, 1.165) is 11.0 Å². The summed E-state index contributed by atoms with van der Waals surface area (Å²) in [6, 6.07) is 15.2. The van der Waals surface area contributed by atoms with Gasteiger partial charge in [0.15, 0.2) is 0 Å². The van der Waals surface area contributed by atoms with E-state index in [0.29, 0.717) is 0 Å². The molecule has 1 heterocycles. The Morgan fingerprint density at radius 3 is 2.58 bits per heavy atom. The Labute approximate surface area is 113 Å². The molecule has 2 heteroatoms. The van der Waals surface area contributed by atoms with E-state index in [1.165, 1.54) is 36.0 Å². The highest BCUT2D eigenvalue weighted by molar-refractivity contribution is 5.81. The van der Waals surface area contributed by atoms with Gasteiger partial charge in [-0.3, -0.25) is 0 Å². The molecule has 1 aromatic heterocycles. The fourth-order valence-electron chi connectivity index (χ4n) is 2.36. The van der Waals surface area contributed by atoms with Crippen LogP contribution in [0.3, 0.4) is 0 Å². The van der Waals surface area contributed by atoms with Gasteiger partial charge < -0.3 is 4.98 Å². The number of H-pyrrole nitrogens is 1. The molecule has 3 aromatic rings. The summed E-state index contributed by atoms with van der Waals surface area (Å²) in [7, 11) is 0. The fraction of sp³-hybridized carbons (Fsp3) is 0.235. The molecule has 0 amide bonds. The number of imidazole rings is 1. The summed E-state index contributed by atoms with van der Waals surface area (Å²) < 4.78 is 0. The summed E-state index contributed by atoms with van der Waals surface area (Å²) in [6.45, 7) is 2.23. The van der Waals surface area contributed by atoms with Crippen molar-refractivity contribution in [2.45, 2.75) is 26.2 Å². The van der Waals surface area contributed by atoms with E-state index in [1.54, 1.807) is 6.33 Å². The molecule has 0 bridgehead atoms. The van der Waals surface area contributed by atoms with Crippen molar-refractivity contribution in [3.63, 3.8) is 0 Å². The number of unbranched alkanes of at least 4 members (excludes halogenated alkanes) is 1. The van der Waals surface area contributed by atoms with Crippen molar-refractivity contribution in [3.8, 4) is 11.1 Å². The predicted molar refractivity (Wildman–Crippen MR) is 80.1 cm³/mol. The molecule has 0 fully saturated rings. The third-order valence-corrected chi connectivity index (χ3v) is 3.53. The Morgan fingerprint density at radius 2 is 1.79 bits per heavy atom. The molecule has 0 spiro atoms. The minimum absolute atomic E-state index is 1.02. The zero-order valence-corrected chi connectivity index (χ0v) is 11.2. The Hall–Kier alpha value is -2.09. The first-order valence-electron chi connectivity index (χ1n) is 6.89. The number of aryl methyl sites for hydroxylation is 1. The number of benzene rings is 2. The number of nitrogens with zero attached hydrogens (tertiary/aromatic N) is 1. The number of aromatic nitrogens is 2. The van der Waals surface area contributed by atoms with Crippen molar-refractivity contribution in [2.24, 2.45) is 0 Å². The molecule has 0 aliphatic rings. The fourth-order valence-corrected chi connectivity index (χ4v) is 2.36. The van der Waals surface area contributed by atoms with Crippen LogP contribution in [0.5, 0.6) is 0 Å². The van der Waals surface area contributed by atoms with Crippen LogP contribution < -0.4 is 0 Å². The predicted octanol–water partition coefficient (Wildman–Crippen LogP) is 4.57. The second-order valence-corrected chi connectivity index (χ2v) is 4.93. The molecule has 0 aliphatic heterocycles. The quantitative estimate of drug-likeness (QED) is 0.721. The van der Waals surface area contributed by atoms with Crippen LogP contribution in [0.15, 0.2) is 48.8 Å². The average molecular weight is 250 g/mol. The van der Waals surface area contributed by atoms with Gasteiger partial charge in [-0.05, 0) is 41.7 Å². The Morgan fingerprint density at radius 1 is 1.00 bits per heavy atom. The summed E-state index contributed by atoms with van der Waals surface area (Å²) in [5, 5.41) is 0. The van der Waals surface area contributed by atoms with E-state index in [4.69, 9.17) is 0 Å². The van der Waals surface area contributed by atoms with Crippen LogP contribution in [0.2, 0.25) is 0 Å². The molecule has 0 aliphatic carbocycles. The number of fused-ring (bicyclic) bond motifs is 1. The topological polar surface area (TPSA) is 28.7 Å². The van der Waals surface area contributed by atoms with E-state index in [-0.39, 0.29) is 0 Å².